The van der Waals surface area contributed by atoms with Gasteiger partial charge in [-0.25, -0.2) is 4.79 Å². The molecule has 164 valence electrons. The molecule has 30 heavy (non-hydrogen) atoms. The quantitative estimate of drug-likeness (QED) is 0.356. The molecule has 1 aromatic heterocycles. The SMILES string of the molecule is C=CCN(CC=C)C(=O)[C@H](CCCCN(C)C(C)=O)NCc1cc(C(=O)O)ccn1. The van der Waals surface area contributed by atoms with Crippen molar-refractivity contribution in [2.45, 2.75) is 38.8 Å². The third kappa shape index (κ3) is 8.57. The lowest BCUT2D eigenvalue weighted by Gasteiger charge is -2.26. The number of carboxylic acid groups (broad SMARTS) is 1. The van der Waals surface area contributed by atoms with Gasteiger partial charge in [-0.1, -0.05) is 12.2 Å². The molecule has 1 aromatic rings. The van der Waals surface area contributed by atoms with Gasteiger partial charge in [-0.15, -0.1) is 13.2 Å². The van der Waals surface area contributed by atoms with Gasteiger partial charge in [-0.05, 0) is 31.4 Å². The summed E-state index contributed by atoms with van der Waals surface area (Å²) in [6, 6.07) is 2.45. The molecule has 8 nitrogen and oxygen atoms in total. The number of carbonyl (C=O) groups excluding carboxylic acids is 2. The average molecular weight is 417 g/mol. The van der Waals surface area contributed by atoms with Gasteiger partial charge >= 0.3 is 5.97 Å². The Bertz CT molecular complexity index is 740. The lowest BCUT2D eigenvalue weighted by molar-refractivity contribution is -0.133. The van der Waals surface area contributed by atoms with Crippen LogP contribution in [0, 0.1) is 0 Å². The van der Waals surface area contributed by atoms with Gasteiger partial charge in [0.25, 0.3) is 0 Å². The first-order valence-corrected chi connectivity index (χ1v) is 9.94. The van der Waals surface area contributed by atoms with E-state index in [1.807, 2.05) is 0 Å². The third-order valence-electron chi connectivity index (χ3n) is 4.68. The van der Waals surface area contributed by atoms with Crippen molar-refractivity contribution < 1.29 is 19.5 Å². The Kier molecular flexibility index (Phi) is 11.1. The van der Waals surface area contributed by atoms with Crippen molar-refractivity contribution in [2.24, 2.45) is 0 Å². The summed E-state index contributed by atoms with van der Waals surface area (Å²) >= 11 is 0. The van der Waals surface area contributed by atoms with E-state index in [9.17, 15) is 14.4 Å². The van der Waals surface area contributed by atoms with Crippen molar-refractivity contribution in [3.8, 4) is 0 Å². The van der Waals surface area contributed by atoms with Crippen molar-refractivity contribution in [3.05, 3.63) is 54.9 Å². The second-order valence-electron chi connectivity index (χ2n) is 7.03. The molecule has 0 aliphatic rings. The van der Waals surface area contributed by atoms with E-state index in [2.05, 4.69) is 23.5 Å². The van der Waals surface area contributed by atoms with Gasteiger partial charge in [-0.2, -0.15) is 0 Å². The molecule has 2 N–H and O–H groups in total. The van der Waals surface area contributed by atoms with E-state index in [-0.39, 0.29) is 23.9 Å². The zero-order valence-electron chi connectivity index (χ0n) is 17.8. The number of hydrogen-bond donors (Lipinski definition) is 2. The maximum atomic E-state index is 13.0. The molecule has 0 spiro atoms. The first-order valence-electron chi connectivity index (χ1n) is 9.94. The zero-order valence-corrected chi connectivity index (χ0v) is 17.8. The topological polar surface area (TPSA) is 103 Å². The minimum atomic E-state index is -1.02. The number of amides is 2. The Labute approximate surface area is 178 Å². The molecule has 0 saturated carbocycles. The van der Waals surface area contributed by atoms with Crippen molar-refractivity contribution in [1.82, 2.24) is 20.1 Å². The van der Waals surface area contributed by atoms with Crippen molar-refractivity contribution in [1.29, 1.82) is 0 Å². The summed E-state index contributed by atoms with van der Waals surface area (Å²) in [5, 5.41) is 12.4. The summed E-state index contributed by atoms with van der Waals surface area (Å²) < 4.78 is 0. The Morgan fingerprint density at radius 3 is 2.47 bits per heavy atom. The van der Waals surface area contributed by atoms with Gasteiger partial charge < -0.3 is 20.2 Å². The number of hydrogen-bond acceptors (Lipinski definition) is 5. The fourth-order valence-corrected chi connectivity index (χ4v) is 2.89. The van der Waals surface area contributed by atoms with E-state index in [1.54, 1.807) is 29.0 Å². The van der Waals surface area contributed by atoms with E-state index in [0.29, 0.717) is 31.7 Å². The van der Waals surface area contributed by atoms with Gasteiger partial charge in [-0.3, -0.25) is 14.6 Å². The summed E-state index contributed by atoms with van der Waals surface area (Å²) in [6.45, 7) is 10.6. The van der Waals surface area contributed by atoms with Crippen LogP contribution in [0.3, 0.4) is 0 Å². The minimum Gasteiger partial charge on any atom is -0.478 e. The molecule has 1 atom stereocenters. The van der Waals surface area contributed by atoms with Crippen LogP contribution in [0.25, 0.3) is 0 Å². The molecule has 0 aromatic carbocycles. The smallest absolute Gasteiger partial charge is 0.335 e. The Morgan fingerprint density at radius 2 is 1.90 bits per heavy atom. The summed E-state index contributed by atoms with van der Waals surface area (Å²) in [6.07, 6.45) is 6.87. The number of unbranched alkanes of at least 4 members (excludes halogenated alkanes) is 1. The molecule has 0 aliphatic heterocycles. The van der Waals surface area contributed by atoms with Gasteiger partial charge in [0.15, 0.2) is 0 Å². The van der Waals surface area contributed by atoms with E-state index in [1.165, 1.54) is 25.3 Å². The van der Waals surface area contributed by atoms with E-state index < -0.39 is 12.0 Å². The molecule has 0 radical (unpaired) electrons. The maximum Gasteiger partial charge on any atom is 0.335 e. The van der Waals surface area contributed by atoms with Crippen molar-refractivity contribution in [3.63, 3.8) is 0 Å². The molecule has 2 amide bonds. The van der Waals surface area contributed by atoms with E-state index >= 15 is 0 Å². The zero-order chi connectivity index (χ0) is 22.5. The number of aromatic nitrogens is 1. The fraction of sp³-hybridized carbons (Fsp3) is 0.455. The van der Waals surface area contributed by atoms with Crippen LogP contribution in [-0.4, -0.2) is 70.4 Å². The van der Waals surface area contributed by atoms with Crippen LogP contribution < -0.4 is 5.32 Å². The van der Waals surface area contributed by atoms with Crippen LogP contribution >= 0.6 is 0 Å². The number of pyridine rings is 1. The number of carbonyl (C=O) groups is 3. The van der Waals surface area contributed by atoms with Crippen LogP contribution in [-0.2, 0) is 16.1 Å². The van der Waals surface area contributed by atoms with Crippen LogP contribution in [0.2, 0.25) is 0 Å². The standard InChI is InChI=1S/C22H32N4O4/c1-5-12-26(13-6-2)21(28)20(9-7-8-14-25(4)17(3)27)24-16-19-15-18(22(29)30)10-11-23-19/h5-6,10-11,15,20,24H,1-2,7-9,12-14,16H2,3-4H3,(H,29,30)/t20-/m0/s1. The molecule has 0 bridgehead atoms. The number of nitrogens with zero attached hydrogens (tertiary/aromatic N) is 3. The second-order valence-corrected chi connectivity index (χ2v) is 7.03. The second kappa shape index (κ2) is 13.3. The van der Waals surface area contributed by atoms with Crippen LogP contribution in [0.1, 0.15) is 42.2 Å². The highest BCUT2D eigenvalue weighted by atomic mass is 16.4. The number of rotatable bonds is 14. The highest BCUT2D eigenvalue weighted by Crippen LogP contribution is 2.09. The Morgan fingerprint density at radius 1 is 1.23 bits per heavy atom. The first-order chi connectivity index (χ1) is 14.3. The van der Waals surface area contributed by atoms with Crippen molar-refractivity contribution >= 4 is 17.8 Å². The molecule has 0 unspecified atom stereocenters. The monoisotopic (exact) mass is 416 g/mol. The molecule has 8 heteroatoms. The lowest BCUT2D eigenvalue weighted by atomic mass is 10.1. The summed E-state index contributed by atoms with van der Waals surface area (Å²) in [7, 11) is 1.75. The summed E-state index contributed by atoms with van der Waals surface area (Å²) in [5.41, 5.74) is 0.694. The molecule has 0 saturated heterocycles. The van der Waals surface area contributed by atoms with Crippen LogP contribution in [0.15, 0.2) is 43.6 Å². The first kappa shape index (κ1) is 25.0. The predicted molar refractivity (Wildman–Crippen MR) is 116 cm³/mol. The average Bonchev–Trinajstić information content (AvgIpc) is 2.72. The largest absolute Gasteiger partial charge is 0.478 e. The van der Waals surface area contributed by atoms with Crippen LogP contribution in [0.4, 0.5) is 0 Å². The van der Waals surface area contributed by atoms with Crippen molar-refractivity contribution in [2.75, 3.05) is 26.7 Å². The highest BCUT2D eigenvalue weighted by Gasteiger charge is 2.23. The normalized spacial score (nSPS) is 11.4. The lowest BCUT2D eigenvalue weighted by Crippen LogP contribution is -2.46. The van der Waals surface area contributed by atoms with Gasteiger partial charge in [0, 0.05) is 46.3 Å². The number of carboxylic acids is 1. The summed E-state index contributed by atoms with van der Waals surface area (Å²) in [5.74, 6) is -1.10. The third-order valence-corrected chi connectivity index (χ3v) is 4.68. The number of aromatic carboxylic acids is 1. The molecule has 0 aliphatic carbocycles. The Hall–Kier alpha value is -3.00. The highest BCUT2D eigenvalue weighted by molar-refractivity contribution is 5.87. The fourth-order valence-electron chi connectivity index (χ4n) is 2.89. The molecular formula is C22H32N4O4. The Balaban J connectivity index is 2.82. The predicted octanol–water partition coefficient (Wildman–Crippen LogP) is 2.09. The van der Waals surface area contributed by atoms with Gasteiger partial charge in [0.05, 0.1) is 17.3 Å². The van der Waals surface area contributed by atoms with Gasteiger partial charge in [0.2, 0.25) is 11.8 Å². The van der Waals surface area contributed by atoms with Crippen LogP contribution in [0.5, 0.6) is 0 Å². The molecular weight excluding hydrogens is 384 g/mol. The van der Waals surface area contributed by atoms with E-state index in [0.717, 1.165) is 12.8 Å². The molecule has 1 rings (SSSR count). The van der Waals surface area contributed by atoms with Gasteiger partial charge in [0.1, 0.15) is 0 Å². The molecule has 1 heterocycles. The maximum absolute atomic E-state index is 13.0. The summed E-state index contributed by atoms with van der Waals surface area (Å²) in [4.78, 5) is 43.0. The number of nitrogens with one attached hydrogen (secondary N) is 1. The molecule has 0 fully saturated rings. The minimum absolute atomic E-state index is 0.00767. The van der Waals surface area contributed by atoms with E-state index in [4.69, 9.17) is 5.11 Å².